The monoisotopic (exact) mass is 265 g/mol. The van der Waals surface area contributed by atoms with E-state index in [1.165, 1.54) is 16.6 Å². The van der Waals surface area contributed by atoms with Crippen molar-refractivity contribution in [3.8, 4) is 6.07 Å². The maximum atomic E-state index is 12.5. The Kier molecular flexibility index (Phi) is 3.64. The third kappa shape index (κ3) is 2.11. The largest absolute Gasteiger partial charge is 0.246 e. The minimum atomic E-state index is -3.59. The second kappa shape index (κ2) is 5.04. The molecule has 1 aliphatic rings. The molecule has 1 unspecified atom stereocenters. The van der Waals surface area contributed by atoms with Crippen LogP contribution in [0.1, 0.15) is 31.9 Å². The quantitative estimate of drug-likeness (QED) is 0.830. The first kappa shape index (κ1) is 13.0. The molecule has 0 saturated carbocycles. The molecule has 1 atom stereocenters. The van der Waals surface area contributed by atoms with Gasteiger partial charge in [-0.1, -0.05) is 6.92 Å². The van der Waals surface area contributed by atoms with Gasteiger partial charge >= 0.3 is 0 Å². The summed E-state index contributed by atoms with van der Waals surface area (Å²) in [5.41, 5.74) is -0.0285. The summed E-state index contributed by atoms with van der Waals surface area (Å²) in [6, 6.07) is 4.88. The van der Waals surface area contributed by atoms with Gasteiger partial charge in [-0.15, -0.1) is 0 Å². The molecular formula is C12H15N3O2S. The lowest BCUT2D eigenvalue weighted by Crippen LogP contribution is -2.35. The number of hydrogen-bond donors (Lipinski definition) is 0. The molecule has 1 aromatic rings. The maximum absolute atomic E-state index is 12.5. The molecule has 18 heavy (non-hydrogen) atoms. The number of hydrogen-bond acceptors (Lipinski definition) is 4. The molecule has 2 rings (SSSR count). The van der Waals surface area contributed by atoms with Crippen LogP contribution in [0.5, 0.6) is 0 Å². The van der Waals surface area contributed by atoms with Crippen LogP contribution in [0, 0.1) is 11.3 Å². The standard InChI is InChI=1S/C12H15N3O2S/c1-2-10-5-4-8-15(10)18(16,17)12-6-3-7-14-11(12)9-13/h3,6-7,10H,2,4-5,8H2,1H3. The summed E-state index contributed by atoms with van der Waals surface area (Å²) in [7, 11) is -3.59. The lowest BCUT2D eigenvalue weighted by atomic mass is 10.2. The zero-order valence-electron chi connectivity index (χ0n) is 10.2. The fourth-order valence-electron chi connectivity index (χ4n) is 2.34. The van der Waals surface area contributed by atoms with Crippen LogP contribution in [-0.4, -0.2) is 30.3 Å². The summed E-state index contributed by atoms with van der Waals surface area (Å²) in [5.74, 6) is 0. The van der Waals surface area contributed by atoms with E-state index in [1.54, 1.807) is 6.07 Å². The van der Waals surface area contributed by atoms with Crippen molar-refractivity contribution in [2.24, 2.45) is 0 Å². The number of aromatic nitrogens is 1. The molecule has 1 aliphatic heterocycles. The van der Waals surface area contributed by atoms with Crippen LogP contribution in [-0.2, 0) is 10.0 Å². The molecule has 1 saturated heterocycles. The van der Waals surface area contributed by atoms with E-state index in [4.69, 9.17) is 5.26 Å². The highest BCUT2D eigenvalue weighted by Gasteiger charge is 2.35. The molecule has 2 heterocycles. The van der Waals surface area contributed by atoms with Crippen molar-refractivity contribution in [2.75, 3.05) is 6.54 Å². The molecule has 5 nitrogen and oxygen atoms in total. The fraction of sp³-hybridized carbons (Fsp3) is 0.500. The Hall–Kier alpha value is -1.45. The second-order valence-corrected chi connectivity index (χ2v) is 6.14. The van der Waals surface area contributed by atoms with Crippen LogP contribution in [0.4, 0.5) is 0 Å². The van der Waals surface area contributed by atoms with E-state index < -0.39 is 10.0 Å². The molecular weight excluding hydrogens is 250 g/mol. The Morgan fingerprint density at radius 2 is 2.39 bits per heavy atom. The first-order chi connectivity index (χ1) is 8.61. The SMILES string of the molecule is CCC1CCCN1S(=O)(=O)c1cccnc1C#N. The number of nitriles is 1. The van der Waals surface area contributed by atoms with Crippen LogP contribution >= 0.6 is 0 Å². The van der Waals surface area contributed by atoms with Crippen LogP contribution in [0.2, 0.25) is 0 Å². The van der Waals surface area contributed by atoms with Crippen molar-refractivity contribution in [2.45, 2.75) is 37.1 Å². The maximum Gasteiger partial charge on any atom is 0.246 e. The van der Waals surface area contributed by atoms with E-state index in [9.17, 15) is 8.42 Å². The first-order valence-corrected chi connectivity index (χ1v) is 7.42. The Bertz CT molecular complexity index is 577. The summed E-state index contributed by atoms with van der Waals surface area (Å²) in [4.78, 5) is 3.84. The second-order valence-electron chi connectivity index (χ2n) is 4.28. The Morgan fingerprint density at radius 1 is 1.61 bits per heavy atom. The van der Waals surface area contributed by atoms with Crippen LogP contribution in [0.3, 0.4) is 0 Å². The van der Waals surface area contributed by atoms with Crippen LogP contribution < -0.4 is 0 Å². The summed E-state index contributed by atoms with van der Waals surface area (Å²) >= 11 is 0. The highest BCUT2D eigenvalue weighted by Crippen LogP contribution is 2.28. The van der Waals surface area contributed by atoms with Gasteiger partial charge in [0.15, 0.2) is 5.69 Å². The van der Waals surface area contributed by atoms with Crippen molar-refractivity contribution < 1.29 is 8.42 Å². The summed E-state index contributed by atoms with van der Waals surface area (Å²) < 4.78 is 26.5. The van der Waals surface area contributed by atoms with Gasteiger partial charge in [-0.05, 0) is 31.4 Å². The molecule has 0 spiro atoms. The van der Waals surface area contributed by atoms with E-state index in [2.05, 4.69) is 4.98 Å². The third-order valence-corrected chi connectivity index (χ3v) is 5.24. The molecule has 1 aromatic heterocycles. The number of nitrogens with zero attached hydrogens (tertiary/aromatic N) is 3. The fourth-order valence-corrected chi connectivity index (χ4v) is 4.20. The minimum Gasteiger partial charge on any atom is -0.244 e. The summed E-state index contributed by atoms with van der Waals surface area (Å²) in [6.07, 6.45) is 3.98. The van der Waals surface area contributed by atoms with Crippen molar-refractivity contribution in [1.82, 2.24) is 9.29 Å². The smallest absolute Gasteiger partial charge is 0.244 e. The average Bonchev–Trinajstić information content (AvgIpc) is 2.87. The van der Waals surface area contributed by atoms with Gasteiger partial charge in [-0.2, -0.15) is 9.57 Å². The van der Waals surface area contributed by atoms with Gasteiger partial charge in [0, 0.05) is 18.8 Å². The van der Waals surface area contributed by atoms with Gasteiger partial charge in [0.1, 0.15) is 11.0 Å². The van der Waals surface area contributed by atoms with E-state index >= 15 is 0 Å². The predicted octanol–water partition coefficient (Wildman–Crippen LogP) is 1.52. The molecule has 96 valence electrons. The van der Waals surface area contributed by atoms with Gasteiger partial charge in [0.2, 0.25) is 10.0 Å². The number of sulfonamides is 1. The molecule has 0 amide bonds. The van der Waals surface area contributed by atoms with Crippen molar-refractivity contribution in [3.63, 3.8) is 0 Å². The van der Waals surface area contributed by atoms with Gasteiger partial charge in [0.25, 0.3) is 0 Å². The van der Waals surface area contributed by atoms with Crippen LogP contribution in [0.15, 0.2) is 23.2 Å². The Balaban J connectivity index is 2.46. The topological polar surface area (TPSA) is 74.1 Å². The Morgan fingerprint density at radius 3 is 3.06 bits per heavy atom. The molecule has 6 heteroatoms. The molecule has 0 N–H and O–H groups in total. The van der Waals surface area contributed by atoms with Gasteiger partial charge in [-0.3, -0.25) is 0 Å². The zero-order chi connectivity index (χ0) is 13.2. The molecule has 0 aliphatic carbocycles. The number of pyridine rings is 1. The summed E-state index contributed by atoms with van der Waals surface area (Å²) in [5, 5.41) is 8.95. The summed E-state index contributed by atoms with van der Waals surface area (Å²) in [6.45, 7) is 2.51. The normalized spacial score (nSPS) is 20.8. The molecule has 0 radical (unpaired) electrons. The highest BCUT2D eigenvalue weighted by molar-refractivity contribution is 7.89. The first-order valence-electron chi connectivity index (χ1n) is 5.98. The molecule has 0 bridgehead atoms. The minimum absolute atomic E-state index is 0.0212. The lowest BCUT2D eigenvalue weighted by Gasteiger charge is -2.23. The van der Waals surface area contributed by atoms with E-state index in [0.29, 0.717) is 6.54 Å². The van der Waals surface area contributed by atoms with Crippen molar-refractivity contribution in [1.29, 1.82) is 5.26 Å². The number of rotatable bonds is 3. The molecule has 1 fully saturated rings. The highest BCUT2D eigenvalue weighted by atomic mass is 32.2. The Labute approximate surface area is 107 Å². The van der Waals surface area contributed by atoms with Gasteiger partial charge < -0.3 is 0 Å². The molecule has 0 aromatic carbocycles. The zero-order valence-corrected chi connectivity index (χ0v) is 11.0. The van der Waals surface area contributed by atoms with Gasteiger partial charge in [-0.25, -0.2) is 13.4 Å². The average molecular weight is 265 g/mol. The van der Waals surface area contributed by atoms with Crippen molar-refractivity contribution in [3.05, 3.63) is 24.0 Å². The van der Waals surface area contributed by atoms with E-state index in [1.807, 2.05) is 13.0 Å². The lowest BCUT2D eigenvalue weighted by molar-refractivity contribution is 0.379. The van der Waals surface area contributed by atoms with Crippen LogP contribution in [0.25, 0.3) is 0 Å². The predicted molar refractivity (Wildman–Crippen MR) is 66.2 cm³/mol. The van der Waals surface area contributed by atoms with Gasteiger partial charge in [0.05, 0.1) is 0 Å². The van der Waals surface area contributed by atoms with Crippen molar-refractivity contribution >= 4 is 10.0 Å². The van der Waals surface area contributed by atoms with E-state index in [-0.39, 0.29) is 16.6 Å². The van der Waals surface area contributed by atoms with E-state index in [0.717, 1.165) is 19.3 Å². The third-order valence-electron chi connectivity index (χ3n) is 3.26.